The Morgan fingerprint density at radius 3 is 1.93 bits per heavy atom. The number of phenolic OH excluding ortho intramolecular Hbond substituents is 1. The lowest BCUT2D eigenvalue weighted by Gasteiger charge is -2.35. The molecule has 2 rings (SSSR count). The van der Waals surface area contributed by atoms with Crippen molar-refractivity contribution < 1.29 is 29.9 Å². The third-order valence-corrected chi connectivity index (χ3v) is 8.76. The number of hydrogen-bond donors (Lipinski definition) is 4. The Bertz CT molecular complexity index is 806. The molecule has 7 heteroatoms. The minimum atomic E-state index is -1.38. The molecule has 0 amide bonds. The average molecular weight is 599 g/mol. The molecule has 1 heterocycles. The lowest BCUT2D eigenvalue weighted by atomic mass is 9.98. The second-order valence-electron chi connectivity index (χ2n) is 12.1. The summed E-state index contributed by atoms with van der Waals surface area (Å²) < 4.78 is 11.6. The average Bonchev–Trinajstić information content (AvgIpc) is 2.95. The van der Waals surface area contributed by atoms with Gasteiger partial charge < -0.3 is 29.9 Å². The first-order valence-electron chi connectivity index (χ1n) is 16.7. The Labute approximate surface area is 254 Å². The Morgan fingerprint density at radius 2 is 1.29 bits per heavy atom. The summed E-state index contributed by atoms with van der Waals surface area (Å²) in [6, 6.07) is 3.78. The molecule has 5 unspecified atom stereocenters. The predicted octanol–water partition coefficient (Wildman–Crippen LogP) is 7.96. The molecular formula is C34H59ClO6. The topological polar surface area (TPSA) is 99.4 Å². The number of aromatic hydroxyl groups is 1. The molecule has 5 atom stereocenters. The van der Waals surface area contributed by atoms with E-state index < -0.39 is 24.6 Å². The monoisotopic (exact) mass is 598 g/mol. The standard InChI is InChI=1S/C34H59ClO6/c1-3-5-7-9-10-11-12-13-15-19-26-23-29(36)28(22-18-14-17-21-27(35)20-16-8-6-4-2)31(24-26)41-34-33(39)32(38)30(37)25-40-34/h23-24,27,30,32-34,36-39H,3-22,25H2,1-2H3. The molecule has 0 aliphatic carbocycles. The van der Waals surface area contributed by atoms with Gasteiger partial charge in [0, 0.05) is 10.9 Å². The van der Waals surface area contributed by atoms with E-state index in [0.29, 0.717) is 17.7 Å². The zero-order valence-electron chi connectivity index (χ0n) is 25.9. The maximum absolute atomic E-state index is 11.0. The molecular weight excluding hydrogens is 540 g/mol. The van der Waals surface area contributed by atoms with Crippen molar-refractivity contribution in [2.45, 2.75) is 172 Å². The van der Waals surface area contributed by atoms with Gasteiger partial charge in [-0.25, -0.2) is 0 Å². The number of rotatable bonds is 23. The molecule has 1 aromatic carbocycles. The van der Waals surface area contributed by atoms with Crippen LogP contribution in [0.1, 0.15) is 141 Å². The molecule has 1 fully saturated rings. The second kappa shape index (κ2) is 21.6. The van der Waals surface area contributed by atoms with Gasteiger partial charge in [0.05, 0.1) is 6.61 Å². The van der Waals surface area contributed by atoms with Gasteiger partial charge in [0.15, 0.2) is 0 Å². The molecule has 0 bridgehead atoms. The van der Waals surface area contributed by atoms with Crippen molar-refractivity contribution in [3.63, 3.8) is 0 Å². The molecule has 1 aliphatic rings. The van der Waals surface area contributed by atoms with Gasteiger partial charge >= 0.3 is 0 Å². The van der Waals surface area contributed by atoms with Crippen molar-refractivity contribution in [2.24, 2.45) is 0 Å². The Balaban J connectivity index is 1.91. The van der Waals surface area contributed by atoms with Crippen molar-refractivity contribution in [3.05, 3.63) is 23.3 Å². The smallest absolute Gasteiger partial charge is 0.228 e. The molecule has 1 aromatic rings. The van der Waals surface area contributed by atoms with Crippen molar-refractivity contribution >= 4 is 11.6 Å². The number of alkyl halides is 1. The van der Waals surface area contributed by atoms with Crippen LogP contribution in [0, 0.1) is 0 Å². The minimum Gasteiger partial charge on any atom is -0.508 e. The highest BCUT2D eigenvalue weighted by molar-refractivity contribution is 6.20. The molecule has 0 saturated carbocycles. The largest absolute Gasteiger partial charge is 0.508 e. The number of benzene rings is 1. The molecule has 4 N–H and O–H groups in total. The molecule has 1 aliphatic heterocycles. The number of halogens is 1. The van der Waals surface area contributed by atoms with Gasteiger partial charge in [0.1, 0.15) is 29.8 Å². The Kier molecular flexibility index (Phi) is 19.0. The zero-order chi connectivity index (χ0) is 29.9. The van der Waals surface area contributed by atoms with Crippen molar-refractivity contribution in [2.75, 3.05) is 6.61 Å². The van der Waals surface area contributed by atoms with E-state index in [2.05, 4.69) is 13.8 Å². The number of phenols is 1. The molecule has 6 nitrogen and oxygen atoms in total. The molecule has 0 radical (unpaired) electrons. The zero-order valence-corrected chi connectivity index (χ0v) is 26.6. The van der Waals surface area contributed by atoms with Gasteiger partial charge in [0.25, 0.3) is 0 Å². The van der Waals surface area contributed by atoms with Crippen LogP contribution in [0.2, 0.25) is 0 Å². The van der Waals surface area contributed by atoms with Gasteiger partial charge in [-0.3, -0.25) is 0 Å². The van der Waals surface area contributed by atoms with E-state index in [4.69, 9.17) is 21.1 Å². The highest BCUT2D eigenvalue weighted by Crippen LogP contribution is 2.34. The van der Waals surface area contributed by atoms with E-state index in [0.717, 1.165) is 56.9 Å². The van der Waals surface area contributed by atoms with Gasteiger partial charge in [-0.05, 0) is 56.2 Å². The lowest BCUT2D eigenvalue weighted by molar-refractivity contribution is -0.242. The number of aliphatic hydroxyl groups excluding tert-OH is 3. The molecule has 1 saturated heterocycles. The van der Waals surface area contributed by atoms with Crippen LogP contribution in [0.5, 0.6) is 11.5 Å². The first-order chi connectivity index (χ1) is 19.9. The Morgan fingerprint density at radius 1 is 0.756 bits per heavy atom. The number of ether oxygens (including phenoxy) is 2. The minimum absolute atomic E-state index is 0.125. The van der Waals surface area contributed by atoms with Crippen LogP contribution in [0.15, 0.2) is 12.1 Å². The van der Waals surface area contributed by atoms with E-state index in [1.165, 1.54) is 70.6 Å². The fourth-order valence-corrected chi connectivity index (χ4v) is 5.92. The summed E-state index contributed by atoms with van der Waals surface area (Å²) in [6.45, 7) is 4.34. The maximum atomic E-state index is 11.0. The van der Waals surface area contributed by atoms with E-state index in [1.54, 1.807) is 0 Å². The number of unbranched alkanes of at least 4 members (excludes halogenated alkanes) is 13. The van der Waals surface area contributed by atoms with Crippen LogP contribution in [0.25, 0.3) is 0 Å². The fraction of sp³-hybridized carbons (Fsp3) is 0.824. The van der Waals surface area contributed by atoms with Crippen molar-refractivity contribution in [3.8, 4) is 11.5 Å². The van der Waals surface area contributed by atoms with Crippen LogP contribution >= 0.6 is 11.6 Å². The number of aryl methyl sites for hydroxylation is 1. The summed E-state index contributed by atoms with van der Waals surface area (Å²) in [6.07, 6.45) is 17.7. The van der Waals surface area contributed by atoms with E-state index >= 15 is 0 Å². The summed E-state index contributed by atoms with van der Waals surface area (Å²) in [5.74, 6) is 0.681. The van der Waals surface area contributed by atoms with Crippen molar-refractivity contribution in [1.82, 2.24) is 0 Å². The van der Waals surface area contributed by atoms with Gasteiger partial charge in [-0.15, -0.1) is 11.6 Å². The normalized spacial score (nSPS) is 21.7. The second-order valence-corrected chi connectivity index (χ2v) is 12.7. The van der Waals surface area contributed by atoms with Gasteiger partial charge in [-0.1, -0.05) is 104 Å². The Hall–Kier alpha value is -1.05. The maximum Gasteiger partial charge on any atom is 0.228 e. The molecule has 0 spiro atoms. The first-order valence-corrected chi connectivity index (χ1v) is 17.1. The fourth-order valence-electron chi connectivity index (χ4n) is 5.62. The molecule has 41 heavy (non-hydrogen) atoms. The third kappa shape index (κ3) is 14.3. The van der Waals surface area contributed by atoms with Crippen LogP contribution in [0.3, 0.4) is 0 Å². The highest BCUT2D eigenvalue weighted by atomic mass is 35.5. The first kappa shape index (κ1) is 36.1. The van der Waals surface area contributed by atoms with Crippen LogP contribution < -0.4 is 4.74 Å². The van der Waals surface area contributed by atoms with Gasteiger partial charge in [0.2, 0.25) is 6.29 Å². The van der Waals surface area contributed by atoms with Crippen molar-refractivity contribution in [1.29, 1.82) is 0 Å². The third-order valence-electron chi connectivity index (χ3n) is 8.33. The van der Waals surface area contributed by atoms with E-state index in [9.17, 15) is 20.4 Å². The SMILES string of the molecule is CCCCCCCCCCCc1cc(O)c(CCCCCC(Cl)CCCCCC)c(OC2OCC(O)C(O)C2O)c1. The van der Waals surface area contributed by atoms with E-state index in [1.807, 2.05) is 12.1 Å². The summed E-state index contributed by atoms with van der Waals surface area (Å²) in [4.78, 5) is 0. The molecule has 0 aromatic heterocycles. The number of aliphatic hydroxyl groups is 3. The van der Waals surface area contributed by atoms with Crippen LogP contribution in [0.4, 0.5) is 0 Å². The quantitative estimate of drug-likeness (QED) is 0.0753. The van der Waals surface area contributed by atoms with E-state index in [-0.39, 0.29) is 17.7 Å². The summed E-state index contributed by atoms with van der Waals surface area (Å²) >= 11 is 6.53. The number of hydrogen-bond acceptors (Lipinski definition) is 6. The summed E-state index contributed by atoms with van der Waals surface area (Å²) in [5.41, 5.74) is 1.68. The summed E-state index contributed by atoms with van der Waals surface area (Å²) in [7, 11) is 0. The molecule has 238 valence electrons. The van der Waals surface area contributed by atoms with Crippen LogP contribution in [-0.2, 0) is 17.6 Å². The van der Waals surface area contributed by atoms with Crippen LogP contribution in [-0.4, -0.2) is 57.0 Å². The predicted molar refractivity (Wildman–Crippen MR) is 168 cm³/mol. The van der Waals surface area contributed by atoms with Gasteiger partial charge in [-0.2, -0.15) is 0 Å². The highest BCUT2D eigenvalue weighted by Gasteiger charge is 2.39. The summed E-state index contributed by atoms with van der Waals surface area (Å²) in [5, 5.41) is 41.6. The lowest BCUT2D eigenvalue weighted by Crippen LogP contribution is -2.54.